The topological polar surface area (TPSA) is 64.6 Å². The van der Waals surface area contributed by atoms with Gasteiger partial charge < -0.3 is 15.3 Å². The van der Waals surface area contributed by atoms with Crippen LogP contribution >= 0.6 is 22.9 Å². The zero-order valence-electron chi connectivity index (χ0n) is 12.8. The van der Waals surface area contributed by atoms with E-state index in [0.717, 1.165) is 10.1 Å². The maximum absolute atomic E-state index is 12.0. The normalized spacial score (nSPS) is 14.1. The van der Waals surface area contributed by atoms with Gasteiger partial charge in [0.2, 0.25) is 0 Å². The van der Waals surface area contributed by atoms with Crippen molar-refractivity contribution in [2.24, 2.45) is 0 Å². The van der Waals surface area contributed by atoms with Gasteiger partial charge in [0.05, 0.1) is 10.6 Å². The Labute approximate surface area is 138 Å². The molecule has 0 spiro atoms. The second kappa shape index (κ2) is 6.83. The molecule has 1 atom stereocenters. The van der Waals surface area contributed by atoms with Crippen molar-refractivity contribution in [2.75, 3.05) is 32.5 Å². The molecular weight excluding hydrogens is 322 g/mol. The molecule has 0 aliphatic rings. The second-order valence-electron chi connectivity index (χ2n) is 5.78. The number of rotatable bonds is 5. The number of amides is 2. The van der Waals surface area contributed by atoms with Gasteiger partial charge in [-0.15, -0.1) is 11.3 Å². The van der Waals surface area contributed by atoms with E-state index in [0.29, 0.717) is 16.6 Å². The molecule has 0 aliphatic heterocycles. The summed E-state index contributed by atoms with van der Waals surface area (Å²) in [5, 5.41) is 17.6. The monoisotopic (exact) mass is 341 g/mol. The van der Waals surface area contributed by atoms with Crippen molar-refractivity contribution < 1.29 is 9.90 Å². The molecular formula is C15H20ClN3O2S. The number of thiophene rings is 1. The lowest BCUT2D eigenvalue weighted by Gasteiger charge is -2.27. The Morgan fingerprint density at radius 3 is 2.73 bits per heavy atom. The van der Waals surface area contributed by atoms with Gasteiger partial charge in [-0.2, -0.15) is 0 Å². The summed E-state index contributed by atoms with van der Waals surface area (Å²) in [5.74, 6) is 0. The van der Waals surface area contributed by atoms with Crippen molar-refractivity contribution in [1.29, 1.82) is 0 Å². The lowest BCUT2D eigenvalue weighted by molar-refractivity contribution is 0.0364. The first-order valence-corrected chi connectivity index (χ1v) is 8.07. The van der Waals surface area contributed by atoms with E-state index in [-0.39, 0.29) is 12.6 Å². The molecule has 1 aromatic heterocycles. The van der Waals surface area contributed by atoms with Crippen molar-refractivity contribution in [1.82, 2.24) is 10.2 Å². The Hall–Kier alpha value is -1.34. The van der Waals surface area contributed by atoms with Crippen LogP contribution in [0.25, 0.3) is 10.1 Å². The number of anilines is 1. The van der Waals surface area contributed by atoms with Crippen LogP contribution in [0.4, 0.5) is 9.80 Å². The van der Waals surface area contributed by atoms with Crippen molar-refractivity contribution in [3.8, 4) is 0 Å². The van der Waals surface area contributed by atoms with E-state index >= 15 is 0 Å². The Bertz CT molecular complexity index is 670. The summed E-state index contributed by atoms with van der Waals surface area (Å²) in [5.41, 5.74) is -0.995. The van der Waals surface area contributed by atoms with Crippen LogP contribution in [0.15, 0.2) is 24.3 Å². The van der Waals surface area contributed by atoms with Crippen LogP contribution in [0.1, 0.15) is 6.92 Å². The first-order valence-electron chi connectivity index (χ1n) is 6.87. The van der Waals surface area contributed by atoms with Crippen LogP contribution in [0.2, 0.25) is 5.02 Å². The number of nitrogens with zero attached hydrogens (tertiary/aromatic N) is 1. The molecule has 0 aliphatic carbocycles. The molecule has 1 aromatic carbocycles. The fraction of sp³-hybridized carbons (Fsp3) is 0.400. The molecule has 2 aromatic rings. The van der Waals surface area contributed by atoms with E-state index < -0.39 is 5.60 Å². The average molecular weight is 342 g/mol. The molecule has 1 heterocycles. The van der Waals surface area contributed by atoms with Gasteiger partial charge in [0.1, 0.15) is 5.00 Å². The Morgan fingerprint density at radius 2 is 2.09 bits per heavy atom. The van der Waals surface area contributed by atoms with Gasteiger partial charge in [-0.05, 0) is 27.1 Å². The third-order valence-electron chi connectivity index (χ3n) is 3.05. The first kappa shape index (κ1) is 17.0. The van der Waals surface area contributed by atoms with E-state index in [9.17, 15) is 9.90 Å². The molecule has 0 saturated carbocycles. The van der Waals surface area contributed by atoms with E-state index in [1.807, 2.05) is 43.3 Å². The van der Waals surface area contributed by atoms with Gasteiger partial charge in [-0.1, -0.05) is 29.8 Å². The number of hydrogen-bond acceptors (Lipinski definition) is 4. The van der Waals surface area contributed by atoms with Gasteiger partial charge in [-0.25, -0.2) is 4.79 Å². The van der Waals surface area contributed by atoms with Crippen LogP contribution in [-0.2, 0) is 0 Å². The molecule has 2 rings (SSSR count). The third-order valence-corrected chi connectivity index (χ3v) is 4.64. The van der Waals surface area contributed by atoms with Crippen LogP contribution in [0, 0.1) is 0 Å². The summed E-state index contributed by atoms with van der Waals surface area (Å²) in [6.45, 7) is 2.29. The number of nitrogens with one attached hydrogen (secondary N) is 2. The van der Waals surface area contributed by atoms with Gasteiger partial charge in [0, 0.05) is 23.2 Å². The number of halogens is 1. The van der Waals surface area contributed by atoms with Crippen molar-refractivity contribution in [3.63, 3.8) is 0 Å². The third kappa shape index (κ3) is 4.33. The molecule has 0 unspecified atom stereocenters. The minimum absolute atomic E-state index is 0.152. The smallest absolute Gasteiger partial charge is 0.319 e. The summed E-state index contributed by atoms with van der Waals surface area (Å²) < 4.78 is 1.02. The molecule has 5 nitrogen and oxygen atoms in total. The minimum atomic E-state index is -0.995. The number of aliphatic hydroxyl groups is 1. The number of carbonyl (C=O) groups is 1. The van der Waals surface area contributed by atoms with E-state index in [1.54, 1.807) is 6.92 Å². The standard InChI is InChI=1S/C15H20ClN3O2S/c1-15(21,9-19(2)3)8-17-14(20)18-13-12(16)10-6-4-5-7-11(10)22-13/h4-7,21H,8-9H2,1-3H3,(H2,17,18,20)/t15-/m1/s1. The number of carbonyl (C=O) groups excluding carboxylic acids is 1. The highest BCUT2D eigenvalue weighted by Crippen LogP contribution is 2.39. The highest BCUT2D eigenvalue weighted by atomic mass is 35.5. The van der Waals surface area contributed by atoms with Crippen LogP contribution in [0.3, 0.4) is 0 Å². The molecule has 0 bridgehead atoms. The zero-order chi connectivity index (χ0) is 16.3. The fourth-order valence-electron chi connectivity index (χ4n) is 2.25. The molecule has 2 amide bonds. The first-order chi connectivity index (χ1) is 10.3. The van der Waals surface area contributed by atoms with Crippen molar-refractivity contribution in [2.45, 2.75) is 12.5 Å². The SMILES string of the molecule is CN(C)C[C@](C)(O)CNC(=O)Nc1sc2ccccc2c1Cl. The Balaban J connectivity index is 1.98. The van der Waals surface area contributed by atoms with E-state index in [1.165, 1.54) is 11.3 Å². The van der Waals surface area contributed by atoms with Gasteiger partial charge in [0.25, 0.3) is 0 Å². The summed E-state index contributed by atoms with van der Waals surface area (Å²) in [6.07, 6.45) is 0. The van der Waals surface area contributed by atoms with Gasteiger partial charge in [-0.3, -0.25) is 5.32 Å². The molecule has 22 heavy (non-hydrogen) atoms. The predicted molar refractivity (Wildman–Crippen MR) is 93.0 cm³/mol. The quantitative estimate of drug-likeness (QED) is 0.783. The second-order valence-corrected chi connectivity index (χ2v) is 7.21. The maximum Gasteiger partial charge on any atom is 0.319 e. The number of benzene rings is 1. The largest absolute Gasteiger partial charge is 0.387 e. The van der Waals surface area contributed by atoms with E-state index in [4.69, 9.17) is 11.6 Å². The number of fused-ring (bicyclic) bond motifs is 1. The van der Waals surface area contributed by atoms with Crippen LogP contribution in [-0.4, -0.2) is 48.8 Å². The Kier molecular flexibility index (Phi) is 5.28. The maximum atomic E-state index is 12.0. The average Bonchev–Trinajstić information content (AvgIpc) is 2.73. The number of hydrogen-bond donors (Lipinski definition) is 3. The highest BCUT2D eigenvalue weighted by molar-refractivity contribution is 7.23. The van der Waals surface area contributed by atoms with Gasteiger partial charge >= 0.3 is 6.03 Å². The predicted octanol–water partition coefficient (Wildman–Crippen LogP) is 2.99. The number of urea groups is 1. The molecule has 0 saturated heterocycles. The lowest BCUT2D eigenvalue weighted by atomic mass is 10.1. The highest BCUT2D eigenvalue weighted by Gasteiger charge is 2.22. The van der Waals surface area contributed by atoms with Crippen molar-refractivity contribution in [3.05, 3.63) is 29.3 Å². The van der Waals surface area contributed by atoms with Crippen LogP contribution in [0.5, 0.6) is 0 Å². The van der Waals surface area contributed by atoms with E-state index in [2.05, 4.69) is 10.6 Å². The summed E-state index contributed by atoms with van der Waals surface area (Å²) in [7, 11) is 3.73. The van der Waals surface area contributed by atoms with Crippen LogP contribution < -0.4 is 10.6 Å². The molecule has 0 fully saturated rings. The summed E-state index contributed by atoms with van der Waals surface area (Å²) in [4.78, 5) is 13.8. The molecule has 7 heteroatoms. The molecule has 120 valence electrons. The zero-order valence-corrected chi connectivity index (χ0v) is 14.4. The molecule has 0 radical (unpaired) electrons. The number of likely N-dealkylation sites (N-methyl/N-ethyl adjacent to an activating group) is 1. The lowest BCUT2D eigenvalue weighted by Crippen LogP contribution is -2.48. The molecule has 3 N–H and O–H groups in total. The fourth-order valence-corrected chi connectivity index (χ4v) is 3.62. The van der Waals surface area contributed by atoms with Gasteiger partial charge in [0.15, 0.2) is 0 Å². The summed E-state index contributed by atoms with van der Waals surface area (Å²) in [6, 6.07) is 7.32. The van der Waals surface area contributed by atoms with Crippen molar-refractivity contribution >= 4 is 44.1 Å². The minimum Gasteiger partial charge on any atom is -0.387 e. The Morgan fingerprint density at radius 1 is 1.41 bits per heavy atom. The summed E-state index contributed by atoms with van der Waals surface area (Å²) >= 11 is 7.69.